The third kappa shape index (κ3) is 4.42. The van der Waals surface area contributed by atoms with E-state index in [9.17, 15) is 9.59 Å². The van der Waals surface area contributed by atoms with Gasteiger partial charge in [0.1, 0.15) is 0 Å². The SMILES string of the molecule is CCc1ccc(/C=C/C(=O)Nc2ccc(C(C)=O)cc2)cc1. The standard InChI is InChI=1S/C19H19NO2/c1-3-15-4-6-16(7-5-15)8-13-19(22)20-18-11-9-17(10-12-18)14(2)21/h4-13H,3H2,1-2H3,(H,20,22)/b13-8+. The van der Waals surface area contributed by atoms with Crippen LogP contribution in [0.3, 0.4) is 0 Å². The Morgan fingerprint density at radius 2 is 1.64 bits per heavy atom. The highest BCUT2D eigenvalue weighted by molar-refractivity contribution is 6.02. The van der Waals surface area contributed by atoms with Crippen molar-refractivity contribution in [3.05, 3.63) is 71.3 Å². The first-order chi connectivity index (χ1) is 10.6. The summed E-state index contributed by atoms with van der Waals surface area (Å²) < 4.78 is 0. The van der Waals surface area contributed by atoms with E-state index in [4.69, 9.17) is 0 Å². The second kappa shape index (κ2) is 7.36. The maximum atomic E-state index is 11.9. The van der Waals surface area contributed by atoms with Gasteiger partial charge in [-0.15, -0.1) is 0 Å². The zero-order chi connectivity index (χ0) is 15.9. The van der Waals surface area contributed by atoms with E-state index in [2.05, 4.69) is 24.4 Å². The number of hydrogen-bond donors (Lipinski definition) is 1. The lowest BCUT2D eigenvalue weighted by atomic mass is 10.1. The number of nitrogens with one attached hydrogen (secondary N) is 1. The summed E-state index contributed by atoms with van der Waals surface area (Å²) >= 11 is 0. The summed E-state index contributed by atoms with van der Waals surface area (Å²) in [5.74, 6) is -0.191. The molecule has 112 valence electrons. The summed E-state index contributed by atoms with van der Waals surface area (Å²) in [6, 6.07) is 14.9. The van der Waals surface area contributed by atoms with E-state index in [0.29, 0.717) is 11.3 Å². The Bertz CT molecular complexity index is 682. The second-order valence-electron chi connectivity index (χ2n) is 5.05. The van der Waals surface area contributed by atoms with Crippen LogP contribution in [0.1, 0.15) is 35.3 Å². The number of carbonyl (C=O) groups excluding carboxylic acids is 2. The van der Waals surface area contributed by atoms with Crippen LogP contribution in [0.25, 0.3) is 6.08 Å². The largest absolute Gasteiger partial charge is 0.323 e. The molecule has 0 aromatic heterocycles. The van der Waals surface area contributed by atoms with Crippen LogP contribution in [-0.2, 0) is 11.2 Å². The highest BCUT2D eigenvalue weighted by Gasteiger charge is 2.01. The minimum atomic E-state index is -0.199. The zero-order valence-electron chi connectivity index (χ0n) is 12.8. The van der Waals surface area contributed by atoms with Crippen molar-refractivity contribution in [2.45, 2.75) is 20.3 Å². The lowest BCUT2D eigenvalue weighted by Crippen LogP contribution is -2.07. The second-order valence-corrected chi connectivity index (χ2v) is 5.05. The summed E-state index contributed by atoms with van der Waals surface area (Å²) in [6.07, 6.45) is 4.28. The predicted molar refractivity (Wildman–Crippen MR) is 89.9 cm³/mol. The van der Waals surface area contributed by atoms with Crippen LogP contribution in [0.5, 0.6) is 0 Å². The molecule has 2 aromatic carbocycles. The number of anilines is 1. The minimum absolute atomic E-state index is 0.00768. The van der Waals surface area contributed by atoms with Crippen molar-refractivity contribution in [2.75, 3.05) is 5.32 Å². The molecule has 1 amide bonds. The van der Waals surface area contributed by atoms with E-state index >= 15 is 0 Å². The molecule has 0 saturated heterocycles. The Morgan fingerprint density at radius 3 is 2.18 bits per heavy atom. The van der Waals surface area contributed by atoms with Gasteiger partial charge in [-0.25, -0.2) is 0 Å². The van der Waals surface area contributed by atoms with Crippen LogP contribution in [0, 0.1) is 0 Å². The van der Waals surface area contributed by atoms with Crippen LogP contribution < -0.4 is 5.32 Å². The normalized spacial score (nSPS) is 10.6. The Kier molecular flexibility index (Phi) is 5.26. The molecule has 0 radical (unpaired) electrons. The average molecular weight is 293 g/mol. The number of Topliss-reactive ketones (excluding diaryl/α,β-unsaturated/α-hetero) is 1. The van der Waals surface area contributed by atoms with E-state index < -0.39 is 0 Å². The lowest BCUT2D eigenvalue weighted by Gasteiger charge is -2.03. The van der Waals surface area contributed by atoms with Gasteiger partial charge in [0.05, 0.1) is 0 Å². The predicted octanol–water partition coefficient (Wildman–Crippen LogP) is 4.10. The summed E-state index contributed by atoms with van der Waals surface area (Å²) in [7, 11) is 0. The van der Waals surface area contributed by atoms with E-state index in [1.807, 2.05) is 12.1 Å². The van der Waals surface area contributed by atoms with Crippen LogP contribution in [-0.4, -0.2) is 11.7 Å². The fourth-order valence-corrected chi connectivity index (χ4v) is 2.01. The van der Waals surface area contributed by atoms with Gasteiger partial charge < -0.3 is 5.32 Å². The number of rotatable bonds is 5. The first kappa shape index (κ1) is 15.7. The van der Waals surface area contributed by atoms with Gasteiger partial charge in [0.2, 0.25) is 5.91 Å². The molecule has 0 heterocycles. The van der Waals surface area contributed by atoms with Crippen molar-refractivity contribution in [1.82, 2.24) is 0 Å². The van der Waals surface area contributed by atoms with Crippen LogP contribution in [0.15, 0.2) is 54.6 Å². The third-order valence-electron chi connectivity index (χ3n) is 3.37. The molecule has 2 rings (SSSR count). The molecule has 22 heavy (non-hydrogen) atoms. The number of aryl methyl sites for hydroxylation is 1. The molecule has 3 nitrogen and oxygen atoms in total. The fraction of sp³-hybridized carbons (Fsp3) is 0.158. The van der Waals surface area contributed by atoms with Crippen LogP contribution in [0.4, 0.5) is 5.69 Å². The van der Waals surface area contributed by atoms with Gasteiger partial charge in [-0.05, 0) is 54.8 Å². The van der Waals surface area contributed by atoms with Gasteiger partial charge in [-0.1, -0.05) is 31.2 Å². The van der Waals surface area contributed by atoms with Gasteiger partial charge in [-0.3, -0.25) is 9.59 Å². The maximum absolute atomic E-state index is 11.9. The number of carbonyl (C=O) groups is 2. The minimum Gasteiger partial charge on any atom is -0.323 e. The first-order valence-corrected chi connectivity index (χ1v) is 7.27. The van der Waals surface area contributed by atoms with E-state index in [1.54, 1.807) is 30.3 Å². The van der Waals surface area contributed by atoms with Gasteiger partial charge >= 0.3 is 0 Å². The van der Waals surface area contributed by atoms with Crippen molar-refractivity contribution in [2.24, 2.45) is 0 Å². The molecular weight excluding hydrogens is 274 g/mol. The molecule has 0 aliphatic carbocycles. The van der Waals surface area contributed by atoms with Gasteiger partial charge in [0.25, 0.3) is 0 Å². The smallest absolute Gasteiger partial charge is 0.248 e. The molecular formula is C19H19NO2. The quantitative estimate of drug-likeness (QED) is 0.666. The molecule has 0 aliphatic heterocycles. The number of hydrogen-bond acceptors (Lipinski definition) is 2. The molecule has 0 spiro atoms. The average Bonchev–Trinajstić information content (AvgIpc) is 2.54. The summed E-state index contributed by atoms with van der Waals surface area (Å²) in [6.45, 7) is 3.62. The van der Waals surface area contributed by atoms with Crippen molar-refractivity contribution in [3.63, 3.8) is 0 Å². The molecule has 0 unspecified atom stereocenters. The van der Waals surface area contributed by atoms with Gasteiger partial charge in [0.15, 0.2) is 5.78 Å². The van der Waals surface area contributed by atoms with E-state index in [-0.39, 0.29) is 11.7 Å². The van der Waals surface area contributed by atoms with Gasteiger partial charge in [0, 0.05) is 17.3 Å². The number of ketones is 1. The summed E-state index contributed by atoms with van der Waals surface area (Å²) in [5, 5.41) is 2.76. The molecule has 0 aliphatic rings. The van der Waals surface area contributed by atoms with Crippen molar-refractivity contribution < 1.29 is 9.59 Å². The monoisotopic (exact) mass is 293 g/mol. The Labute approximate surface area is 130 Å². The first-order valence-electron chi connectivity index (χ1n) is 7.27. The number of amides is 1. The molecule has 0 saturated carbocycles. The zero-order valence-corrected chi connectivity index (χ0v) is 12.8. The topological polar surface area (TPSA) is 46.2 Å². The highest BCUT2D eigenvalue weighted by Crippen LogP contribution is 2.11. The van der Waals surface area contributed by atoms with E-state index in [0.717, 1.165) is 12.0 Å². The lowest BCUT2D eigenvalue weighted by molar-refractivity contribution is -0.111. The Balaban J connectivity index is 1.96. The van der Waals surface area contributed by atoms with Crippen LogP contribution >= 0.6 is 0 Å². The highest BCUT2D eigenvalue weighted by atomic mass is 16.1. The van der Waals surface area contributed by atoms with Crippen LogP contribution in [0.2, 0.25) is 0 Å². The maximum Gasteiger partial charge on any atom is 0.248 e. The Morgan fingerprint density at radius 1 is 1.00 bits per heavy atom. The van der Waals surface area contributed by atoms with Crippen molar-refractivity contribution in [1.29, 1.82) is 0 Å². The third-order valence-corrected chi connectivity index (χ3v) is 3.37. The summed E-state index contributed by atoms with van der Waals surface area (Å²) in [4.78, 5) is 23.0. The van der Waals surface area contributed by atoms with Crippen molar-refractivity contribution in [3.8, 4) is 0 Å². The summed E-state index contributed by atoms with van der Waals surface area (Å²) in [5.41, 5.74) is 3.55. The molecule has 2 aromatic rings. The Hall–Kier alpha value is -2.68. The molecule has 1 N–H and O–H groups in total. The molecule has 0 bridgehead atoms. The fourth-order valence-electron chi connectivity index (χ4n) is 2.01. The van der Waals surface area contributed by atoms with E-state index in [1.165, 1.54) is 18.6 Å². The molecule has 3 heteroatoms. The molecule has 0 atom stereocenters. The number of benzene rings is 2. The van der Waals surface area contributed by atoms with Gasteiger partial charge in [-0.2, -0.15) is 0 Å². The molecule has 0 fully saturated rings. The van der Waals surface area contributed by atoms with Crippen molar-refractivity contribution >= 4 is 23.5 Å².